The molecule has 6 nitrogen and oxygen atoms in total. The zero-order valence-electron chi connectivity index (χ0n) is 13.4. The monoisotopic (exact) mass is 396 g/mol. The lowest BCUT2D eigenvalue weighted by Crippen LogP contribution is -2.43. The minimum absolute atomic E-state index is 0. The van der Waals surface area contributed by atoms with Crippen LogP contribution in [0.4, 0.5) is 0 Å². The summed E-state index contributed by atoms with van der Waals surface area (Å²) in [6, 6.07) is 4.98. The average molecular weight is 397 g/mol. The van der Waals surface area contributed by atoms with Crippen molar-refractivity contribution in [2.45, 2.75) is 24.7 Å². The van der Waals surface area contributed by atoms with Gasteiger partial charge in [-0.05, 0) is 43.9 Å². The van der Waals surface area contributed by atoms with E-state index in [-0.39, 0.29) is 34.8 Å². The van der Waals surface area contributed by atoms with Crippen molar-refractivity contribution >= 4 is 40.0 Å². The first kappa shape index (κ1) is 21.2. The van der Waals surface area contributed by atoms with Gasteiger partial charge in [-0.15, -0.1) is 12.4 Å². The number of benzene rings is 1. The van der Waals surface area contributed by atoms with Gasteiger partial charge in [-0.3, -0.25) is 4.79 Å². The van der Waals surface area contributed by atoms with E-state index in [1.807, 2.05) is 0 Å². The predicted molar refractivity (Wildman–Crippen MR) is 95.4 cm³/mol. The van der Waals surface area contributed by atoms with Crippen LogP contribution in [0.25, 0.3) is 0 Å². The van der Waals surface area contributed by atoms with Gasteiger partial charge in [-0.1, -0.05) is 23.7 Å². The average Bonchev–Trinajstić information content (AvgIpc) is 2.50. The highest BCUT2D eigenvalue weighted by Gasteiger charge is 2.31. The van der Waals surface area contributed by atoms with Crippen molar-refractivity contribution in [3.05, 3.63) is 28.8 Å². The number of aliphatic carboxylic acids is 1. The number of nitrogens with one attached hydrogen (secondary N) is 1. The molecule has 1 aliphatic heterocycles. The fraction of sp³-hybridized carbons (Fsp3) is 0.533. The Labute approximate surface area is 153 Å². The standard InChI is InChI=1S/C15H21ClN2O4S.ClH/c1-11-4-2-6-13(15(11)16)23(21,22)18-7-3-5-12(10-18)8-17-9-14(19)20;/h2,4,6,12,17H,3,5,7-10H2,1H3,(H,19,20);1H. The molecule has 1 saturated heterocycles. The molecule has 0 spiro atoms. The van der Waals surface area contributed by atoms with Gasteiger partial charge in [0.05, 0.1) is 11.6 Å². The number of hydrogen-bond acceptors (Lipinski definition) is 4. The first-order chi connectivity index (χ1) is 10.8. The molecule has 1 aromatic carbocycles. The summed E-state index contributed by atoms with van der Waals surface area (Å²) in [6.07, 6.45) is 1.63. The molecule has 2 rings (SSSR count). The summed E-state index contributed by atoms with van der Waals surface area (Å²) >= 11 is 6.17. The van der Waals surface area contributed by atoms with Crippen LogP contribution in [0.1, 0.15) is 18.4 Å². The van der Waals surface area contributed by atoms with Crippen LogP contribution in [0.3, 0.4) is 0 Å². The number of hydrogen-bond donors (Lipinski definition) is 2. The second-order valence-electron chi connectivity index (χ2n) is 5.78. The van der Waals surface area contributed by atoms with Crippen molar-refractivity contribution in [3.8, 4) is 0 Å². The number of piperidine rings is 1. The second kappa shape index (κ2) is 9.01. The molecule has 0 saturated carbocycles. The Balaban J connectivity index is 0.00000288. The van der Waals surface area contributed by atoms with Crippen LogP contribution in [0.2, 0.25) is 5.02 Å². The molecule has 1 fully saturated rings. The van der Waals surface area contributed by atoms with Gasteiger partial charge in [0.15, 0.2) is 0 Å². The smallest absolute Gasteiger partial charge is 0.317 e. The largest absolute Gasteiger partial charge is 0.480 e. The summed E-state index contributed by atoms with van der Waals surface area (Å²) < 4.78 is 27.1. The van der Waals surface area contributed by atoms with Crippen molar-refractivity contribution in [2.24, 2.45) is 5.92 Å². The summed E-state index contributed by atoms with van der Waals surface area (Å²) in [6.45, 7) is 2.98. The molecule has 24 heavy (non-hydrogen) atoms. The van der Waals surface area contributed by atoms with Gasteiger partial charge in [0.2, 0.25) is 10.0 Å². The van der Waals surface area contributed by atoms with E-state index in [1.54, 1.807) is 19.1 Å². The number of aryl methyl sites for hydroxylation is 1. The zero-order chi connectivity index (χ0) is 17.0. The van der Waals surface area contributed by atoms with Gasteiger partial charge < -0.3 is 10.4 Å². The van der Waals surface area contributed by atoms with E-state index in [4.69, 9.17) is 16.7 Å². The third kappa shape index (κ3) is 5.07. The quantitative estimate of drug-likeness (QED) is 0.768. The van der Waals surface area contributed by atoms with Gasteiger partial charge in [0, 0.05) is 13.1 Å². The topological polar surface area (TPSA) is 86.7 Å². The number of carboxylic acids is 1. The van der Waals surface area contributed by atoms with E-state index in [9.17, 15) is 13.2 Å². The molecule has 0 aliphatic carbocycles. The molecule has 0 aromatic heterocycles. The Kier molecular flexibility index (Phi) is 7.95. The molecule has 1 unspecified atom stereocenters. The van der Waals surface area contributed by atoms with Crippen molar-refractivity contribution in [1.82, 2.24) is 9.62 Å². The number of carbonyl (C=O) groups is 1. The summed E-state index contributed by atoms with van der Waals surface area (Å²) in [5, 5.41) is 11.7. The normalized spacial score (nSPS) is 18.8. The molecule has 0 radical (unpaired) electrons. The molecule has 1 aromatic rings. The van der Waals surface area contributed by atoms with Crippen LogP contribution in [-0.2, 0) is 14.8 Å². The van der Waals surface area contributed by atoms with Crippen LogP contribution in [0, 0.1) is 12.8 Å². The molecule has 136 valence electrons. The molecule has 1 heterocycles. The lowest BCUT2D eigenvalue weighted by molar-refractivity contribution is -0.136. The van der Waals surface area contributed by atoms with Crippen LogP contribution < -0.4 is 5.32 Å². The highest BCUT2D eigenvalue weighted by atomic mass is 35.5. The van der Waals surface area contributed by atoms with Crippen molar-refractivity contribution in [2.75, 3.05) is 26.2 Å². The number of carboxylic acid groups (broad SMARTS) is 1. The highest BCUT2D eigenvalue weighted by molar-refractivity contribution is 7.89. The maximum Gasteiger partial charge on any atom is 0.317 e. The third-order valence-electron chi connectivity index (χ3n) is 3.97. The van der Waals surface area contributed by atoms with Gasteiger partial charge in [0.25, 0.3) is 0 Å². The number of nitrogens with zero attached hydrogens (tertiary/aromatic N) is 1. The van der Waals surface area contributed by atoms with Gasteiger partial charge in [-0.25, -0.2) is 8.42 Å². The van der Waals surface area contributed by atoms with E-state index >= 15 is 0 Å². The fourth-order valence-electron chi connectivity index (χ4n) is 2.75. The highest BCUT2D eigenvalue weighted by Crippen LogP contribution is 2.30. The third-order valence-corrected chi connectivity index (χ3v) is 6.49. The lowest BCUT2D eigenvalue weighted by atomic mass is 10.00. The molecule has 1 atom stereocenters. The maximum atomic E-state index is 12.8. The number of rotatable bonds is 6. The molecule has 9 heteroatoms. The summed E-state index contributed by atoms with van der Waals surface area (Å²) in [5.41, 5.74) is 0.726. The Bertz CT molecular complexity index is 682. The molecule has 1 aliphatic rings. The number of halogens is 2. The van der Waals surface area contributed by atoms with E-state index < -0.39 is 16.0 Å². The van der Waals surface area contributed by atoms with Gasteiger partial charge in [0.1, 0.15) is 4.90 Å². The minimum atomic E-state index is -3.63. The van der Waals surface area contributed by atoms with Crippen molar-refractivity contribution in [1.29, 1.82) is 0 Å². The summed E-state index contributed by atoms with van der Waals surface area (Å²) in [7, 11) is -3.63. The summed E-state index contributed by atoms with van der Waals surface area (Å²) in [5.74, 6) is -0.821. The Morgan fingerprint density at radius 1 is 1.46 bits per heavy atom. The molecular formula is C15H22Cl2N2O4S. The van der Waals surface area contributed by atoms with E-state index in [0.29, 0.717) is 19.6 Å². The Hall–Kier alpha value is -0.860. The maximum absolute atomic E-state index is 12.8. The van der Waals surface area contributed by atoms with Crippen LogP contribution in [-0.4, -0.2) is 50.0 Å². The first-order valence-corrected chi connectivity index (χ1v) is 9.32. The van der Waals surface area contributed by atoms with E-state index in [0.717, 1.165) is 18.4 Å². The second-order valence-corrected chi connectivity index (χ2v) is 8.07. The Morgan fingerprint density at radius 2 is 2.17 bits per heavy atom. The first-order valence-electron chi connectivity index (χ1n) is 7.50. The Morgan fingerprint density at radius 3 is 2.83 bits per heavy atom. The molecule has 0 bridgehead atoms. The van der Waals surface area contributed by atoms with Gasteiger partial charge in [-0.2, -0.15) is 4.31 Å². The van der Waals surface area contributed by atoms with Crippen molar-refractivity contribution in [3.63, 3.8) is 0 Å². The van der Waals surface area contributed by atoms with Crippen molar-refractivity contribution < 1.29 is 18.3 Å². The van der Waals surface area contributed by atoms with Crippen LogP contribution >= 0.6 is 24.0 Å². The van der Waals surface area contributed by atoms with Gasteiger partial charge >= 0.3 is 5.97 Å². The van der Waals surface area contributed by atoms with E-state index in [1.165, 1.54) is 10.4 Å². The van der Waals surface area contributed by atoms with E-state index in [2.05, 4.69) is 5.32 Å². The molecule has 2 N–H and O–H groups in total. The van der Waals surface area contributed by atoms with Crippen LogP contribution in [0.15, 0.2) is 23.1 Å². The summed E-state index contributed by atoms with van der Waals surface area (Å²) in [4.78, 5) is 10.7. The van der Waals surface area contributed by atoms with Crippen LogP contribution in [0.5, 0.6) is 0 Å². The fourth-order valence-corrected chi connectivity index (χ4v) is 4.87. The molecular weight excluding hydrogens is 375 g/mol. The lowest BCUT2D eigenvalue weighted by Gasteiger charge is -2.32. The SMILES string of the molecule is Cc1cccc(S(=O)(=O)N2CCCC(CNCC(=O)O)C2)c1Cl.Cl. The number of sulfonamides is 1. The zero-order valence-corrected chi connectivity index (χ0v) is 15.8. The molecule has 0 amide bonds. The minimum Gasteiger partial charge on any atom is -0.480 e. The predicted octanol–water partition coefficient (Wildman–Crippen LogP) is 2.15.